The highest BCUT2D eigenvalue weighted by Gasteiger charge is 2.20. The minimum atomic E-state index is -3.92. The number of amides is 1. The first-order valence-corrected chi connectivity index (χ1v) is 8.94. The van der Waals surface area contributed by atoms with Gasteiger partial charge in [0.05, 0.1) is 13.2 Å². The Balaban J connectivity index is 3.07. The SMILES string of the molecule is CCC(C)C(=O)NC(C)c1ccc(OC)c(S(=O)(=O)Cl)c1. The van der Waals surface area contributed by atoms with E-state index in [9.17, 15) is 13.2 Å². The van der Waals surface area contributed by atoms with Crippen LogP contribution in [0.25, 0.3) is 0 Å². The Morgan fingerprint density at radius 1 is 1.38 bits per heavy atom. The Bertz CT molecular complexity index is 615. The second-order valence-electron chi connectivity index (χ2n) is 4.89. The molecule has 0 radical (unpaired) electrons. The van der Waals surface area contributed by atoms with E-state index in [1.54, 1.807) is 13.0 Å². The van der Waals surface area contributed by atoms with Crippen molar-refractivity contribution in [1.82, 2.24) is 5.32 Å². The number of hydrogen-bond donors (Lipinski definition) is 1. The molecule has 1 amide bonds. The quantitative estimate of drug-likeness (QED) is 0.812. The predicted molar refractivity (Wildman–Crippen MR) is 82.0 cm³/mol. The average molecular weight is 334 g/mol. The second kappa shape index (κ2) is 7.13. The maximum atomic E-state index is 11.9. The lowest BCUT2D eigenvalue weighted by atomic mass is 10.1. The van der Waals surface area contributed by atoms with Crippen LogP contribution in [0.1, 0.15) is 38.8 Å². The Morgan fingerprint density at radius 3 is 2.48 bits per heavy atom. The lowest BCUT2D eigenvalue weighted by molar-refractivity contribution is -0.125. The van der Waals surface area contributed by atoms with E-state index in [1.165, 1.54) is 19.2 Å². The molecule has 1 aromatic carbocycles. The largest absolute Gasteiger partial charge is 0.495 e. The van der Waals surface area contributed by atoms with Crippen LogP contribution in [0.15, 0.2) is 23.1 Å². The normalized spacial score (nSPS) is 14.3. The van der Waals surface area contributed by atoms with Crippen LogP contribution >= 0.6 is 10.7 Å². The van der Waals surface area contributed by atoms with E-state index in [0.717, 1.165) is 6.42 Å². The molecule has 0 aliphatic rings. The molecule has 0 aromatic heterocycles. The monoisotopic (exact) mass is 333 g/mol. The maximum absolute atomic E-state index is 11.9. The van der Waals surface area contributed by atoms with Crippen molar-refractivity contribution in [2.45, 2.75) is 38.1 Å². The molecule has 0 saturated carbocycles. The van der Waals surface area contributed by atoms with E-state index >= 15 is 0 Å². The molecular weight excluding hydrogens is 314 g/mol. The molecule has 21 heavy (non-hydrogen) atoms. The zero-order chi connectivity index (χ0) is 16.2. The Morgan fingerprint density at radius 2 is 2.00 bits per heavy atom. The highest BCUT2D eigenvalue weighted by atomic mass is 35.7. The van der Waals surface area contributed by atoms with Crippen LogP contribution in [0.5, 0.6) is 5.75 Å². The van der Waals surface area contributed by atoms with Gasteiger partial charge in [0.25, 0.3) is 9.05 Å². The molecule has 2 atom stereocenters. The van der Waals surface area contributed by atoms with Gasteiger partial charge in [-0.05, 0) is 31.0 Å². The van der Waals surface area contributed by atoms with E-state index in [1.807, 2.05) is 13.8 Å². The lowest BCUT2D eigenvalue weighted by Crippen LogP contribution is -2.31. The van der Waals surface area contributed by atoms with Crippen LogP contribution in [0.4, 0.5) is 0 Å². The van der Waals surface area contributed by atoms with Gasteiger partial charge in [-0.2, -0.15) is 0 Å². The van der Waals surface area contributed by atoms with Gasteiger partial charge in [-0.3, -0.25) is 4.79 Å². The molecule has 118 valence electrons. The Hall–Kier alpha value is -1.27. The molecular formula is C14H20ClNO4S. The molecule has 0 saturated heterocycles. The summed E-state index contributed by atoms with van der Waals surface area (Å²) in [6.07, 6.45) is 0.739. The number of carbonyl (C=O) groups is 1. The van der Waals surface area contributed by atoms with Gasteiger partial charge in [-0.1, -0.05) is 19.9 Å². The molecule has 0 fully saturated rings. The third-order valence-electron chi connectivity index (χ3n) is 3.37. The molecule has 1 aromatic rings. The summed E-state index contributed by atoms with van der Waals surface area (Å²) in [4.78, 5) is 11.8. The van der Waals surface area contributed by atoms with Crippen molar-refractivity contribution in [1.29, 1.82) is 0 Å². The summed E-state index contributed by atoms with van der Waals surface area (Å²) >= 11 is 0. The number of ether oxygens (including phenoxy) is 1. The number of hydrogen-bond acceptors (Lipinski definition) is 4. The third-order valence-corrected chi connectivity index (χ3v) is 4.71. The van der Waals surface area contributed by atoms with Crippen LogP contribution < -0.4 is 10.1 Å². The van der Waals surface area contributed by atoms with Gasteiger partial charge in [0, 0.05) is 16.6 Å². The Kier molecular flexibility index (Phi) is 6.04. The van der Waals surface area contributed by atoms with Crippen LogP contribution in [0.2, 0.25) is 0 Å². The standard InChI is InChI=1S/C14H20ClNO4S/c1-5-9(2)14(17)16-10(3)11-6-7-12(20-4)13(8-11)21(15,18)19/h6-10H,5H2,1-4H3,(H,16,17). The molecule has 0 aliphatic carbocycles. The topological polar surface area (TPSA) is 72.5 Å². The molecule has 1 N–H and O–H groups in total. The second-order valence-corrected chi connectivity index (χ2v) is 7.42. The zero-order valence-corrected chi connectivity index (χ0v) is 14.1. The van der Waals surface area contributed by atoms with Crippen molar-refractivity contribution in [3.8, 4) is 5.75 Å². The van der Waals surface area contributed by atoms with Crippen molar-refractivity contribution >= 4 is 25.6 Å². The number of nitrogens with one attached hydrogen (secondary N) is 1. The summed E-state index contributed by atoms with van der Waals surface area (Å²) in [6.45, 7) is 5.55. The number of carbonyl (C=O) groups excluding carboxylic acids is 1. The summed E-state index contributed by atoms with van der Waals surface area (Å²) in [6, 6.07) is 4.32. The lowest BCUT2D eigenvalue weighted by Gasteiger charge is -2.18. The number of halogens is 1. The van der Waals surface area contributed by atoms with E-state index in [0.29, 0.717) is 5.56 Å². The average Bonchev–Trinajstić information content (AvgIpc) is 2.44. The first-order valence-electron chi connectivity index (χ1n) is 6.63. The first kappa shape index (κ1) is 17.8. The maximum Gasteiger partial charge on any atom is 0.264 e. The molecule has 5 nitrogen and oxygen atoms in total. The zero-order valence-electron chi connectivity index (χ0n) is 12.5. The summed E-state index contributed by atoms with van der Waals surface area (Å²) in [5, 5.41) is 2.85. The van der Waals surface area contributed by atoms with Gasteiger partial charge >= 0.3 is 0 Å². The van der Waals surface area contributed by atoms with Gasteiger partial charge < -0.3 is 10.1 Å². The summed E-state index contributed by atoms with van der Waals surface area (Å²) in [5.74, 6) is 0.00669. The number of benzene rings is 1. The first-order chi connectivity index (χ1) is 9.70. The van der Waals surface area contributed by atoms with E-state index in [-0.39, 0.29) is 28.5 Å². The van der Waals surface area contributed by atoms with Crippen molar-refractivity contribution in [3.05, 3.63) is 23.8 Å². The summed E-state index contributed by atoms with van der Waals surface area (Å²) in [5.41, 5.74) is 0.645. The fourth-order valence-corrected chi connectivity index (χ4v) is 2.81. The molecule has 2 unspecified atom stereocenters. The van der Waals surface area contributed by atoms with Crippen molar-refractivity contribution in [2.24, 2.45) is 5.92 Å². The minimum absolute atomic E-state index is 0.0731. The molecule has 1 rings (SSSR count). The summed E-state index contributed by atoms with van der Waals surface area (Å²) < 4.78 is 28.1. The highest BCUT2D eigenvalue weighted by molar-refractivity contribution is 8.13. The third kappa shape index (κ3) is 4.61. The van der Waals surface area contributed by atoms with E-state index in [4.69, 9.17) is 15.4 Å². The van der Waals surface area contributed by atoms with Crippen molar-refractivity contribution in [3.63, 3.8) is 0 Å². The van der Waals surface area contributed by atoms with Crippen LogP contribution in [0.3, 0.4) is 0 Å². The predicted octanol–water partition coefficient (Wildman–Crippen LogP) is 2.85. The van der Waals surface area contributed by atoms with Crippen LogP contribution in [-0.4, -0.2) is 21.4 Å². The molecule has 0 heterocycles. The van der Waals surface area contributed by atoms with E-state index < -0.39 is 9.05 Å². The summed E-state index contributed by atoms with van der Waals surface area (Å²) in [7, 11) is 2.86. The van der Waals surface area contributed by atoms with Gasteiger partial charge in [0.2, 0.25) is 5.91 Å². The van der Waals surface area contributed by atoms with Gasteiger partial charge in [-0.15, -0.1) is 0 Å². The Labute approximate surface area is 130 Å². The number of methoxy groups -OCH3 is 1. The van der Waals surface area contributed by atoms with Crippen LogP contribution in [0, 0.1) is 5.92 Å². The molecule has 0 aliphatic heterocycles. The molecule has 0 spiro atoms. The van der Waals surface area contributed by atoms with Gasteiger partial charge in [0.15, 0.2) is 0 Å². The smallest absolute Gasteiger partial charge is 0.264 e. The van der Waals surface area contributed by atoms with Gasteiger partial charge in [-0.25, -0.2) is 8.42 Å². The fraction of sp³-hybridized carbons (Fsp3) is 0.500. The highest BCUT2D eigenvalue weighted by Crippen LogP contribution is 2.29. The number of rotatable bonds is 6. The van der Waals surface area contributed by atoms with Crippen molar-refractivity contribution < 1.29 is 17.9 Å². The van der Waals surface area contributed by atoms with Crippen LogP contribution in [-0.2, 0) is 13.8 Å². The fourth-order valence-electron chi connectivity index (χ4n) is 1.78. The molecule has 7 heteroatoms. The van der Waals surface area contributed by atoms with Gasteiger partial charge in [0.1, 0.15) is 10.6 Å². The molecule has 0 bridgehead atoms. The van der Waals surface area contributed by atoms with E-state index in [2.05, 4.69) is 5.32 Å². The van der Waals surface area contributed by atoms with Crippen molar-refractivity contribution in [2.75, 3.05) is 7.11 Å². The minimum Gasteiger partial charge on any atom is -0.495 e.